The summed E-state index contributed by atoms with van der Waals surface area (Å²) in [6.07, 6.45) is 1.20. The molecule has 1 fully saturated rings. The zero-order chi connectivity index (χ0) is 24.3. The number of halogens is 1. The van der Waals surface area contributed by atoms with Crippen molar-refractivity contribution in [1.29, 1.82) is 0 Å². The van der Waals surface area contributed by atoms with Crippen molar-refractivity contribution in [2.75, 3.05) is 13.1 Å². The quantitative estimate of drug-likeness (QED) is 0.611. The van der Waals surface area contributed by atoms with Crippen LogP contribution in [-0.2, 0) is 26.0 Å². The first-order valence-corrected chi connectivity index (χ1v) is 12.4. The average Bonchev–Trinajstić information content (AvgIpc) is 3.22. The molecule has 0 radical (unpaired) electrons. The molecule has 0 saturated carbocycles. The molecular weight excluding hydrogens is 445 g/mol. The highest BCUT2D eigenvalue weighted by molar-refractivity contribution is 7.89. The number of benzene rings is 2. The predicted octanol–water partition coefficient (Wildman–Crippen LogP) is 2.36. The van der Waals surface area contributed by atoms with Crippen molar-refractivity contribution in [3.63, 3.8) is 0 Å². The molecule has 0 aromatic heterocycles. The monoisotopic (exact) mass is 475 g/mol. The highest BCUT2D eigenvalue weighted by Gasteiger charge is 2.40. The van der Waals surface area contributed by atoms with Gasteiger partial charge in [-0.25, -0.2) is 12.8 Å². The zero-order valence-electron chi connectivity index (χ0n) is 19.1. The fraction of sp³-hybridized carbons (Fsp3) is 0.417. The second-order valence-corrected chi connectivity index (χ2v) is 10.5. The van der Waals surface area contributed by atoms with E-state index in [1.807, 2.05) is 19.1 Å². The number of amides is 2. The molecule has 7 nitrogen and oxygen atoms in total. The third-order valence-corrected chi connectivity index (χ3v) is 8.21. The Hall–Kier alpha value is -2.78. The highest BCUT2D eigenvalue weighted by Crippen LogP contribution is 2.30. The first-order chi connectivity index (χ1) is 15.5. The molecule has 2 aromatic rings. The van der Waals surface area contributed by atoms with Crippen molar-refractivity contribution in [1.82, 2.24) is 9.62 Å². The molecule has 1 aliphatic rings. The van der Waals surface area contributed by atoms with E-state index in [0.29, 0.717) is 29.5 Å². The number of nitrogens with zero attached hydrogens (tertiary/aromatic N) is 1. The van der Waals surface area contributed by atoms with E-state index in [9.17, 15) is 22.4 Å². The number of sulfonamides is 1. The van der Waals surface area contributed by atoms with E-state index in [-0.39, 0.29) is 30.2 Å². The highest BCUT2D eigenvalue weighted by atomic mass is 32.2. The summed E-state index contributed by atoms with van der Waals surface area (Å²) < 4.78 is 41.3. The molecule has 2 unspecified atom stereocenters. The molecule has 178 valence electrons. The summed E-state index contributed by atoms with van der Waals surface area (Å²) >= 11 is 0. The van der Waals surface area contributed by atoms with Gasteiger partial charge in [-0.2, -0.15) is 4.31 Å². The summed E-state index contributed by atoms with van der Waals surface area (Å²) in [6.45, 7) is 5.64. The number of hydrogen-bond donors (Lipinski definition) is 2. The Bertz CT molecular complexity index is 1130. The van der Waals surface area contributed by atoms with Crippen molar-refractivity contribution in [3.8, 4) is 0 Å². The van der Waals surface area contributed by atoms with Crippen LogP contribution in [0.5, 0.6) is 0 Å². The smallest absolute Gasteiger partial charge is 0.244 e. The normalized spacial score (nSPS) is 17.6. The van der Waals surface area contributed by atoms with Gasteiger partial charge >= 0.3 is 0 Å². The van der Waals surface area contributed by atoms with E-state index >= 15 is 0 Å². The largest absolute Gasteiger partial charge is 0.369 e. The molecule has 1 aliphatic heterocycles. The Labute approximate surface area is 194 Å². The molecule has 9 heteroatoms. The topological polar surface area (TPSA) is 110 Å². The molecule has 2 aromatic carbocycles. The van der Waals surface area contributed by atoms with Gasteiger partial charge in [0.2, 0.25) is 21.8 Å². The van der Waals surface area contributed by atoms with Gasteiger partial charge in [0.05, 0.1) is 10.8 Å². The summed E-state index contributed by atoms with van der Waals surface area (Å²) in [5.74, 6) is -2.14. The number of primary amides is 1. The maximum absolute atomic E-state index is 13.5. The molecule has 0 aliphatic carbocycles. The number of nitrogens with one attached hydrogen (secondary N) is 1. The average molecular weight is 476 g/mol. The molecular formula is C24H30FN3O4S. The van der Waals surface area contributed by atoms with Crippen LogP contribution < -0.4 is 11.1 Å². The van der Waals surface area contributed by atoms with Gasteiger partial charge in [-0.05, 0) is 68.9 Å². The fourth-order valence-electron chi connectivity index (χ4n) is 4.50. The van der Waals surface area contributed by atoms with Crippen LogP contribution in [-0.4, -0.2) is 43.7 Å². The summed E-state index contributed by atoms with van der Waals surface area (Å²) in [6, 6.07) is 8.49. The van der Waals surface area contributed by atoms with Crippen molar-refractivity contribution < 1.29 is 22.4 Å². The van der Waals surface area contributed by atoms with Crippen molar-refractivity contribution in [3.05, 3.63) is 64.5 Å². The minimum Gasteiger partial charge on any atom is -0.369 e. The minimum absolute atomic E-state index is 0.0292. The second kappa shape index (κ2) is 10.0. The van der Waals surface area contributed by atoms with Crippen molar-refractivity contribution in [2.45, 2.75) is 51.0 Å². The maximum Gasteiger partial charge on any atom is 0.244 e. The molecule has 0 bridgehead atoms. The molecule has 1 saturated heterocycles. The number of carbonyl (C=O) groups excluding carboxylic acids is 2. The van der Waals surface area contributed by atoms with E-state index < -0.39 is 33.8 Å². The first-order valence-electron chi connectivity index (χ1n) is 10.9. The summed E-state index contributed by atoms with van der Waals surface area (Å²) in [5.41, 5.74) is 8.48. The molecule has 3 N–H and O–H groups in total. The molecule has 0 spiro atoms. The summed E-state index contributed by atoms with van der Waals surface area (Å²) in [4.78, 5) is 25.1. The SMILES string of the molecule is Cc1cc(C)c(S(=O)(=O)N2CCCC2C(=O)NCC(Cc2ccc(F)cc2)C(N)=O)c(C)c1. The lowest BCUT2D eigenvalue weighted by Gasteiger charge is -2.26. The summed E-state index contributed by atoms with van der Waals surface area (Å²) in [5, 5.41) is 2.71. The van der Waals surface area contributed by atoms with Gasteiger partial charge in [0.1, 0.15) is 11.9 Å². The van der Waals surface area contributed by atoms with Gasteiger partial charge in [0.15, 0.2) is 0 Å². The number of aryl methyl sites for hydroxylation is 3. The Morgan fingerprint density at radius 3 is 2.33 bits per heavy atom. The van der Waals surface area contributed by atoms with E-state index in [2.05, 4.69) is 5.32 Å². The van der Waals surface area contributed by atoms with Gasteiger partial charge in [-0.3, -0.25) is 9.59 Å². The third kappa shape index (κ3) is 5.59. The third-order valence-electron chi connectivity index (χ3n) is 6.00. The van der Waals surface area contributed by atoms with Gasteiger partial charge in [0.25, 0.3) is 0 Å². The number of hydrogen-bond acceptors (Lipinski definition) is 4. The van der Waals surface area contributed by atoms with Gasteiger partial charge in [-0.15, -0.1) is 0 Å². The molecule has 1 heterocycles. The summed E-state index contributed by atoms with van der Waals surface area (Å²) in [7, 11) is -3.87. The predicted molar refractivity (Wildman–Crippen MR) is 123 cm³/mol. The molecule has 3 rings (SSSR count). The Morgan fingerprint density at radius 2 is 1.76 bits per heavy atom. The maximum atomic E-state index is 13.5. The van der Waals surface area contributed by atoms with Crippen LogP contribution in [0.15, 0.2) is 41.3 Å². The van der Waals surface area contributed by atoms with E-state index in [0.717, 1.165) is 5.56 Å². The molecule has 2 atom stereocenters. The fourth-order valence-corrected chi connectivity index (χ4v) is 6.57. The lowest BCUT2D eigenvalue weighted by molar-refractivity contribution is -0.125. The lowest BCUT2D eigenvalue weighted by Crippen LogP contribution is -2.48. The van der Waals surface area contributed by atoms with Gasteiger partial charge in [-0.1, -0.05) is 29.8 Å². The first kappa shape index (κ1) is 24.9. The number of nitrogens with two attached hydrogens (primary N) is 1. The Morgan fingerprint density at radius 1 is 1.15 bits per heavy atom. The Balaban J connectivity index is 1.74. The van der Waals surface area contributed by atoms with Crippen LogP contribution >= 0.6 is 0 Å². The van der Waals surface area contributed by atoms with Gasteiger partial charge in [0, 0.05) is 13.1 Å². The van der Waals surface area contributed by atoms with E-state index in [4.69, 9.17) is 5.73 Å². The van der Waals surface area contributed by atoms with Crippen molar-refractivity contribution in [2.24, 2.45) is 11.7 Å². The lowest BCUT2D eigenvalue weighted by atomic mass is 9.98. The number of carbonyl (C=O) groups is 2. The number of rotatable bonds is 8. The van der Waals surface area contributed by atoms with Crippen LogP contribution in [0, 0.1) is 32.5 Å². The van der Waals surface area contributed by atoms with Crippen LogP contribution in [0.25, 0.3) is 0 Å². The van der Waals surface area contributed by atoms with Crippen LogP contribution in [0.1, 0.15) is 35.1 Å². The molecule has 2 amide bonds. The van der Waals surface area contributed by atoms with E-state index in [1.54, 1.807) is 26.0 Å². The van der Waals surface area contributed by atoms with Gasteiger partial charge < -0.3 is 11.1 Å². The minimum atomic E-state index is -3.87. The second-order valence-electron chi connectivity index (χ2n) is 8.68. The van der Waals surface area contributed by atoms with Crippen molar-refractivity contribution >= 4 is 21.8 Å². The Kier molecular flexibility index (Phi) is 7.54. The molecule has 33 heavy (non-hydrogen) atoms. The van der Waals surface area contributed by atoms with Crippen LogP contribution in [0.3, 0.4) is 0 Å². The van der Waals surface area contributed by atoms with Crippen LogP contribution in [0.4, 0.5) is 4.39 Å². The van der Waals surface area contributed by atoms with E-state index in [1.165, 1.54) is 16.4 Å². The van der Waals surface area contributed by atoms with Crippen LogP contribution in [0.2, 0.25) is 0 Å². The standard InChI is InChI=1S/C24H30FN3O4S/c1-15-11-16(2)22(17(3)12-15)33(31,32)28-10-4-5-21(28)24(30)27-14-19(23(26)29)13-18-6-8-20(25)9-7-18/h6-9,11-12,19,21H,4-5,10,13-14H2,1-3H3,(H2,26,29)(H,27,30). The zero-order valence-corrected chi connectivity index (χ0v) is 19.9.